The predicted molar refractivity (Wildman–Crippen MR) is 57.9 cm³/mol. The molecule has 84 valence electrons. The lowest BCUT2D eigenvalue weighted by Gasteiger charge is -1.95. The van der Waals surface area contributed by atoms with E-state index in [-0.39, 0.29) is 18.0 Å². The van der Waals surface area contributed by atoms with Gasteiger partial charge in [0.25, 0.3) is 5.56 Å². The van der Waals surface area contributed by atoms with E-state index in [9.17, 15) is 14.4 Å². The lowest BCUT2D eigenvalue weighted by Crippen LogP contribution is -2.29. The Hall–Kier alpha value is -2.29. The first kappa shape index (κ1) is 11.8. The van der Waals surface area contributed by atoms with Crippen molar-refractivity contribution in [3.8, 4) is 11.8 Å². The van der Waals surface area contributed by atoms with E-state index >= 15 is 0 Å². The first-order chi connectivity index (χ1) is 7.50. The maximum Gasteiger partial charge on any atom is 0.328 e. The molecular formula is C10H11N3O3. The average molecular weight is 221 g/mol. The van der Waals surface area contributed by atoms with Gasteiger partial charge in [0.05, 0.1) is 6.54 Å². The number of amides is 1. The van der Waals surface area contributed by atoms with Gasteiger partial charge in [-0.15, -0.1) is 0 Å². The standard InChI is InChI=1S/C10H11N3O3/c1-7(14)11-5-3-4-8-6-13(2)10(16)12-9(8)15/h6H,5H2,1-2H3,(H,11,14)(H,12,15,16). The minimum atomic E-state index is -0.529. The monoisotopic (exact) mass is 221 g/mol. The zero-order chi connectivity index (χ0) is 12.1. The molecule has 0 aliphatic rings. The van der Waals surface area contributed by atoms with Gasteiger partial charge in [-0.25, -0.2) is 4.79 Å². The Balaban J connectivity index is 2.90. The van der Waals surface area contributed by atoms with Crippen LogP contribution in [0.15, 0.2) is 15.8 Å². The first-order valence-corrected chi connectivity index (χ1v) is 4.54. The van der Waals surface area contributed by atoms with Crippen LogP contribution in [-0.2, 0) is 11.8 Å². The molecule has 1 amide bonds. The second-order valence-corrected chi connectivity index (χ2v) is 3.12. The molecular weight excluding hydrogens is 210 g/mol. The Morgan fingerprint density at radius 1 is 1.56 bits per heavy atom. The third kappa shape index (κ3) is 3.13. The molecule has 1 heterocycles. The van der Waals surface area contributed by atoms with Crippen LogP contribution in [0, 0.1) is 11.8 Å². The Bertz CT molecular complexity index is 571. The van der Waals surface area contributed by atoms with E-state index in [4.69, 9.17) is 0 Å². The van der Waals surface area contributed by atoms with Crippen LogP contribution in [-0.4, -0.2) is 22.0 Å². The minimum Gasteiger partial charge on any atom is -0.345 e. The quantitative estimate of drug-likeness (QED) is 0.570. The van der Waals surface area contributed by atoms with Crippen LogP contribution < -0.4 is 16.6 Å². The van der Waals surface area contributed by atoms with Crippen LogP contribution >= 0.6 is 0 Å². The second-order valence-electron chi connectivity index (χ2n) is 3.12. The summed E-state index contributed by atoms with van der Waals surface area (Å²) in [5.74, 6) is 4.98. The summed E-state index contributed by atoms with van der Waals surface area (Å²) in [5.41, 5.74) is -0.830. The van der Waals surface area contributed by atoms with E-state index in [1.165, 1.54) is 24.7 Å². The molecule has 0 saturated heterocycles. The van der Waals surface area contributed by atoms with Crippen molar-refractivity contribution in [2.75, 3.05) is 6.54 Å². The van der Waals surface area contributed by atoms with Crippen LogP contribution in [0.3, 0.4) is 0 Å². The van der Waals surface area contributed by atoms with Gasteiger partial charge in [0.1, 0.15) is 5.56 Å². The van der Waals surface area contributed by atoms with Crippen molar-refractivity contribution < 1.29 is 4.79 Å². The van der Waals surface area contributed by atoms with Crippen LogP contribution in [0.5, 0.6) is 0 Å². The maximum atomic E-state index is 11.3. The normalized spacial score (nSPS) is 9.12. The van der Waals surface area contributed by atoms with Crippen LogP contribution in [0.25, 0.3) is 0 Å². The number of rotatable bonds is 1. The summed E-state index contributed by atoms with van der Waals surface area (Å²) < 4.78 is 1.23. The topological polar surface area (TPSA) is 84.0 Å². The maximum absolute atomic E-state index is 11.3. The molecule has 0 aromatic carbocycles. The summed E-state index contributed by atoms with van der Waals surface area (Å²) in [6, 6.07) is 0. The van der Waals surface area contributed by atoms with Crippen LogP contribution in [0.1, 0.15) is 12.5 Å². The van der Waals surface area contributed by atoms with Crippen molar-refractivity contribution >= 4 is 5.91 Å². The van der Waals surface area contributed by atoms with E-state index in [0.717, 1.165) is 0 Å². The predicted octanol–water partition coefficient (Wildman–Crippen LogP) is -1.44. The molecule has 0 radical (unpaired) electrons. The third-order valence-corrected chi connectivity index (χ3v) is 1.76. The molecule has 2 N–H and O–H groups in total. The number of aromatic amines is 1. The fourth-order valence-electron chi connectivity index (χ4n) is 0.961. The van der Waals surface area contributed by atoms with E-state index < -0.39 is 11.2 Å². The molecule has 0 aliphatic heterocycles. The number of carbonyl (C=O) groups excluding carboxylic acids is 1. The lowest BCUT2D eigenvalue weighted by molar-refractivity contribution is -0.118. The summed E-state index contributed by atoms with van der Waals surface area (Å²) in [6.07, 6.45) is 1.35. The molecule has 6 heteroatoms. The van der Waals surface area contributed by atoms with Gasteiger partial charge in [0, 0.05) is 20.2 Å². The van der Waals surface area contributed by atoms with E-state index in [1.807, 2.05) is 0 Å². The Labute approximate surface area is 91.3 Å². The number of aromatic nitrogens is 2. The van der Waals surface area contributed by atoms with Crippen molar-refractivity contribution in [2.24, 2.45) is 7.05 Å². The Morgan fingerprint density at radius 3 is 2.88 bits per heavy atom. The average Bonchev–Trinajstić information content (AvgIpc) is 2.19. The smallest absolute Gasteiger partial charge is 0.328 e. The summed E-state index contributed by atoms with van der Waals surface area (Å²) in [5, 5.41) is 2.47. The van der Waals surface area contributed by atoms with Crippen molar-refractivity contribution in [1.82, 2.24) is 14.9 Å². The molecule has 0 fully saturated rings. The zero-order valence-electron chi connectivity index (χ0n) is 8.96. The molecule has 0 saturated carbocycles. The van der Waals surface area contributed by atoms with E-state index in [0.29, 0.717) is 0 Å². The summed E-state index contributed by atoms with van der Waals surface area (Å²) in [7, 11) is 1.51. The summed E-state index contributed by atoms with van der Waals surface area (Å²) in [6.45, 7) is 1.54. The van der Waals surface area contributed by atoms with Crippen molar-refractivity contribution in [3.63, 3.8) is 0 Å². The first-order valence-electron chi connectivity index (χ1n) is 4.54. The highest BCUT2D eigenvalue weighted by atomic mass is 16.2. The molecule has 16 heavy (non-hydrogen) atoms. The number of carbonyl (C=O) groups is 1. The molecule has 0 aliphatic carbocycles. The number of hydrogen-bond donors (Lipinski definition) is 2. The fraction of sp³-hybridized carbons (Fsp3) is 0.300. The Morgan fingerprint density at radius 2 is 2.25 bits per heavy atom. The van der Waals surface area contributed by atoms with E-state index in [2.05, 4.69) is 22.1 Å². The Kier molecular flexibility index (Phi) is 3.67. The molecule has 1 aromatic heterocycles. The minimum absolute atomic E-state index is 0.164. The van der Waals surface area contributed by atoms with Crippen molar-refractivity contribution in [3.05, 3.63) is 32.6 Å². The molecule has 6 nitrogen and oxygen atoms in total. The van der Waals surface area contributed by atoms with Crippen molar-refractivity contribution in [1.29, 1.82) is 0 Å². The van der Waals surface area contributed by atoms with Gasteiger partial charge in [-0.3, -0.25) is 14.6 Å². The van der Waals surface area contributed by atoms with Gasteiger partial charge in [0.2, 0.25) is 5.91 Å². The molecule has 0 bridgehead atoms. The third-order valence-electron chi connectivity index (χ3n) is 1.76. The molecule has 1 rings (SSSR count). The highest BCUT2D eigenvalue weighted by Crippen LogP contribution is 1.81. The van der Waals surface area contributed by atoms with Gasteiger partial charge in [0.15, 0.2) is 0 Å². The number of aryl methyl sites for hydroxylation is 1. The number of nitrogens with one attached hydrogen (secondary N) is 2. The molecule has 0 unspecified atom stereocenters. The molecule has 1 aromatic rings. The zero-order valence-corrected chi connectivity index (χ0v) is 8.96. The van der Waals surface area contributed by atoms with Gasteiger partial charge in [-0.2, -0.15) is 0 Å². The largest absolute Gasteiger partial charge is 0.345 e. The second kappa shape index (κ2) is 4.98. The van der Waals surface area contributed by atoms with Crippen LogP contribution in [0.4, 0.5) is 0 Å². The van der Waals surface area contributed by atoms with Gasteiger partial charge in [-0.1, -0.05) is 11.8 Å². The number of nitrogens with zero attached hydrogens (tertiary/aromatic N) is 1. The van der Waals surface area contributed by atoms with Gasteiger partial charge in [-0.05, 0) is 0 Å². The summed E-state index contributed by atoms with van der Waals surface area (Å²) in [4.78, 5) is 34.9. The SMILES string of the molecule is CC(=O)NCC#Cc1cn(C)c(=O)[nH]c1=O. The molecule has 0 atom stereocenters. The number of H-pyrrole nitrogens is 1. The number of hydrogen-bond acceptors (Lipinski definition) is 3. The molecule has 0 spiro atoms. The summed E-state index contributed by atoms with van der Waals surface area (Å²) >= 11 is 0. The highest BCUT2D eigenvalue weighted by molar-refractivity contribution is 5.73. The lowest BCUT2D eigenvalue weighted by atomic mass is 10.3. The highest BCUT2D eigenvalue weighted by Gasteiger charge is 1.97. The van der Waals surface area contributed by atoms with E-state index in [1.54, 1.807) is 0 Å². The van der Waals surface area contributed by atoms with Crippen LogP contribution in [0.2, 0.25) is 0 Å². The van der Waals surface area contributed by atoms with Gasteiger partial charge >= 0.3 is 5.69 Å². The van der Waals surface area contributed by atoms with Gasteiger partial charge < -0.3 is 9.88 Å². The fourth-order valence-corrected chi connectivity index (χ4v) is 0.961. The van der Waals surface area contributed by atoms with Crippen molar-refractivity contribution in [2.45, 2.75) is 6.92 Å².